The fourth-order valence-corrected chi connectivity index (χ4v) is 2.67. The van der Waals surface area contributed by atoms with Gasteiger partial charge in [-0.15, -0.1) is 0 Å². The van der Waals surface area contributed by atoms with Crippen LogP contribution >= 0.6 is 15.9 Å². The fraction of sp³-hybridized carbons (Fsp3) is 0.111. The number of carbonyl (C=O) groups is 1. The van der Waals surface area contributed by atoms with Crippen molar-refractivity contribution in [2.45, 2.75) is 6.92 Å². The van der Waals surface area contributed by atoms with Crippen molar-refractivity contribution >= 4 is 39.0 Å². The van der Waals surface area contributed by atoms with E-state index in [1.165, 1.54) is 12.3 Å². The van der Waals surface area contributed by atoms with E-state index in [1.54, 1.807) is 18.2 Å². The van der Waals surface area contributed by atoms with Gasteiger partial charge in [-0.1, -0.05) is 18.2 Å². The van der Waals surface area contributed by atoms with Crippen molar-refractivity contribution in [2.24, 2.45) is 5.10 Å². The molecular weight excluding hydrogens is 388 g/mol. The van der Waals surface area contributed by atoms with E-state index in [-0.39, 0.29) is 11.5 Å². The number of hydrogen-bond donors (Lipinski definition) is 2. The van der Waals surface area contributed by atoms with Gasteiger partial charge in [0.15, 0.2) is 17.3 Å². The number of benzene rings is 2. The molecule has 2 aromatic carbocycles. The molecular formula is C18H15BrN2O4. The number of para-hydroxylation sites is 1. The summed E-state index contributed by atoms with van der Waals surface area (Å²) in [6.45, 7) is 2.25. The average Bonchev–Trinajstić information content (AvgIpc) is 3.03. The summed E-state index contributed by atoms with van der Waals surface area (Å²) in [5, 5.41) is 14.6. The number of rotatable bonds is 5. The van der Waals surface area contributed by atoms with Crippen LogP contribution in [0.1, 0.15) is 23.0 Å². The molecule has 0 aliphatic carbocycles. The van der Waals surface area contributed by atoms with E-state index in [0.29, 0.717) is 28.0 Å². The molecule has 0 atom stereocenters. The first-order valence-electron chi connectivity index (χ1n) is 7.55. The predicted molar refractivity (Wildman–Crippen MR) is 98.3 cm³/mol. The fourth-order valence-electron chi connectivity index (χ4n) is 2.24. The van der Waals surface area contributed by atoms with E-state index < -0.39 is 5.91 Å². The van der Waals surface area contributed by atoms with Crippen LogP contribution in [0, 0.1) is 0 Å². The van der Waals surface area contributed by atoms with Gasteiger partial charge in [0, 0.05) is 15.4 Å². The van der Waals surface area contributed by atoms with E-state index in [9.17, 15) is 9.90 Å². The average molecular weight is 403 g/mol. The second kappa shape index (κ2) is 7.40. The molecule has 0 bridgehead atoms. The quantitative estimate of drug-likeness (QED) is 0.497. The number of fused-ring (bicyclic) bond motifs is 1. The molecule has 3 rings (SSSR count). The van der Waals surface area contributed by atoms with Crippen molar-refractivity contribution in [2.75, 3.05) is 6.61 Å². The summed E-state index contributed by atoms with van der Waals surface area (Å²) in [7, 11) is 0. The van der Waals surface area contributed by atoms with Gasteiger partial charge in [-0.25, -0.2) is 5.43 Å². The zero-order valence-corrected chi connectivity index (χ0v) is 14.9. The number of halogens is 1. The number of carbonyl (C=O) groups excluding carboxylic acids is 1. The Morgan fingerprint density at radius 3 is 2.92 bits per heavy atom. The summed E-state index contributed by atoms with van der Waals surface area (Å²) in [5.74, 6) is 0.0958. The van der Waals surface area contributed by atoms with Crippen LogP contribution < -0.4 is 10.2 Å². The Labute approximate surface area is 152 Å². The maximum absolute atomic E-state index is 12.1. The van der Waals surface area contributed by atoms with Gasteiger partial charge in [0.1, 0.15) is 5.58 Å². The molecule has 3 aromatic rings. The molecule has 1 heterocycles. The number of hydrazone groups is 1. The molecule has 0 radical (unpaired) electrons. The molecule has 1 aromatic heterocycles. The Hall–Kier alpha value is -2.80. The van der Waals surface area contributed by atoms with Gasteiger partial charge in [0.25, 0.3) is 0 Å². The van der Waals surface area contributed by atoms with Crippen molar-refractivity contribution in [1.82, 2.24) is 5.43 Å². The third-order valence-electron chi connectivity index (χ3n) is 3.40. The number of nitrogens with zero attached hydrogens (tertiary/aromatic N) is 1. The Balaban J connectivity index is 1.74. The summed E-state index contributed by atoms with van der Waals surface area (Å²) < 4.78 is 11.4. The number of hydrogen-bond acceptors (Lipinski definition) is 5. The first kappa shape index (κ1) is 17.0. The van der Waals surface area contributed by atoms with Crippen LogP contribution in [0.2, 0.25) is 0 Å². The number of aromatic hydroxyl groups is 1. The summed E-state index contributed by atoms with van der Waals surface area (Å²) in [6.07, 6.45) is 1.45. The monoisotopic (exact) mass is 402 g/mol. The highest BCUT2D eigenvalue weighted by molar-refractivity contribution is 9.10. The standard InChI is InChI=1S/C18H15BrN2O4/c1-2-24-16-8-12(13(19)9-14(16)22)10-20-21-18(23)17-7-11-5-3-4-6-15(11)25-17/h3-10,22H,2H2,1H3,(H,21,23). The summed E-state index contributed by atoms with van der Waals surface area (Å²) >= 11 is 3.33. The minimum atomic E-state index is -0.451. The Bertz CT molecular complexity index is 916. The number of nitrogens with one attached hydrogen (secondary N) is 1. The third kappa shape index (κ3) is 3.83. The first-order chi connectivity index (χ1) is 12.1. The molecule has 128 valence electrons. The highest BCUT2D eigenvalue weighted by Crippen LogP contribution is 2.31. The van der Waals surface area contributed by atoms with Crippen LogP contribution in [-0.2, 0) is 0 Å². The van der Waals surface area contributed by atoms with Crippen LogP contribution in [0.3, 0.4) is 0 Å². The molecule has 6 nitrogen and oxygen atoms in total. The van der Waals surface area contributed by atoms with Gasteiger partial charge < -0.3 is 14.3 Å². The topological polar surface area (TPSA) is 84.1 Å². The maximum atomic E-state index is 12.1. The molecule has 0 aliphatic heterocycles. The number of furan rings is 1. The van der Waals surface area contributed by atoms with Gasteiger partial charge in [-0.3, -0.25) is 4.79 Å². The van der Waals surface area contributed by atoms with Crippen molar-refractivity contribution < 1.29 is 19.1 Å². The van der Waals surface area contributed by atoms with Gasteiger partial charge in [-0.05, 0) is 47.1 Å². The van der Waals surface area contributed by atoms with Gasteiger partial charge in [0.2, 0.25) is 0 Å². The zero-order chi connectivity index (χ0) is 17.8. The number of phenolic OH excluding ortho intramolecular Hbond substituents is 1. The lowest BCUT2D eigenvalue weighted by atomic mass is 10.2. The molecule has 0 spiro atoms. The lowest BCUT2D eigenvalue weighted by molar-refractivity contribution is 0.0929. The zero-order valence-electron chi connectivity index (χ0n) is 13.3. The molecule has 1 amide bonds. The van der Waals surface area contributed by atoms with E-state index in [2.05, 4.69) is 26.5 Å². The van der Waals surface area contributed by atoms with Crippen LogP contribution in [-0.4, -0.2) is 23.8 Å². The highest BCUT2D eigenvalue weighted by atomic mass is 79.9. The second-order valence-electron chi connectivity index (χ2n) is 5.12. The number of ether oxygens (including phenoxy) is 1. The molecule has 7 heteroatoms. The van der Waals surface area contributed by atoms with Crippen molar-refractivity contribution in [1.29, 1.82) is 0 Å². The van der Waals surface area contributed by atoms with E-state index >= 15 is 0 Å². The van der Waals surface area contributed by atoms with Crippen molar-refractivity contribution in [3.63, 3.8) is 0 Å². The van der Waals surface area contributed by atoms with E-state index in [0.717, 1.165) is 5.39 Å². The lowest BCUT2D eigenvalue weighted by Crippen LogP contribution is -2.16. The molecule has 0 saturated heterocycles. The Kier molecular flexibility index (Phi) is 5.04. The molecule has 2 N–H and O–H groups in total. The third-order valence-corrected chi connectivity index (χ3v) is 4.08. The molecule has 0 saturated carbocycles. The number of amides is 1. The van der Waals surface area contributed by atoms with E-state index in [1.807, 2.05) is 25.1 Å². The van der Waals surface area contributed by atoms with Crippen LogP contribution in [0.25, 0.3) is 11.0 Å². The lowest BCUT2D eigenvalue weighted by Gasteiger charge is -2.08. The molecule has 25 heavy (non-hydrogen) atoms. The summed E-state index contributed by atoms with van der Waals surface area (Å²) in [5.41, 5.74) is 3.70. The summed E-state index contributed by atoms with van der Waals surface area (Å²) in [6, 6.07) is 12.1. The Morgan fingerprint density at radius 2 is 2.16 bits per heavy atom. The SMILES string of the molecule is CCOc1cc(C=NNC(=O)c2cc3ccccc3o2)c(Br)cc1O. The van der Waals surface area contributed by atoms with Crippen molar-refractivity contribution in [3.8, 4) is 11.5 Å². The second-order valence-corrected chi connectivity index (χ2v) is 5.98. The van der Waals surface area contributed by atoms with E-state index in [4.69, 9.17) is 9.15 Å². The normalized spacial score (nSPS) is 11.1. The van der Waals surface area contributed by atoms with Gasteiger partial charge >= 0.3 is 5.91 Å². The molecule has 0 unspecified atom stereocenters. The largest absolute Gasteiger partial charge is 0.504 e. The van der Waals surface area contributed by atoms with Crippen LogP contribution in [0.5, 0.6) is 11.5 Å². The van der Waals surface area contributed by atoms with Crippen LogP contribution in [0.15, 0.2) is 56.5 Å². The predicted octanol–water partition coefficient (Wildman–Crippen LogP) is 4.06. The minimum absolute atomic E-state index is 0.0252. The minimum Gasteiger partial charge on any atom is -0.504 e. The first-order valence-corrected chi connectivity index (χ1v) is 8.35. The van der Waals surface area contributed by atoms with Gasteiger partial charge in [0.05, 0.1) is 12.8 Å². The highest BCUT2D eigenvalue weighted by Gasteiger charge is 2.11. The number of phenols is 1. The maximum Gasteiger partial charge on any atom is 0.307 e. The smallest absolute Gasteiger partial charge is 0.307 e. The molecule has 0 fully saturated rings. The summed E-state index contributed by atoms with van der Waals surface area (Å²) in [4.78, 5) is 12.1. The van der Waals surface area contributed by atoms with Crippen molar-refractivity contribution in [3.05, 3.63) is 58.3 Å². The van der Waals surface area contributed by atoms with Crippen LogP contribution in [0.4, 0.5) is 0 Å². The van der Waals surface area contributed by atoms with Gasteiger partial charge in [-0.2, -0.15) is 5.10 Å². The molecule has 0 aliphatic rings. The Morgan fingerprint density at radius 1 is 1.36 bits per heavy atom.